The smallest absolute Gasteiger partial charge is 0.164 e. The van der Waals surface area contributed by atoms with Crippen molar-refractivity contribution >= 4 is 16.9 Å². The van der Waals surface area contributed by atoms with Gasteiger partial charge >= 0.3 is 0 Å². The maximum Gasteiger partial charge on any atom is 0.164 e. The molecular weight excluding hydrogens is 286 g/mol. The molecule has 0 radical (unpaired) electrons. The lowest BCUT2D eigenvalue weighted by molar-refractivity contribution is 0.403. The standard InChI is InChI=1S/C18H21N5/c1-2-13-4-3-11-23(12-13)18-15-7-10-20-17(15)21-16(22-18)14-5-8-19-9-6-14/h5-10,13H,2-4,11-12H2,1H3,(H,20,21,22)/t13-/m0/s1. The average molecular weight is 307 g/mol. The van der Waals surface area contributed by atoms with Crippen molar-refractivity contribution in [1.82, 2.24) is 19.9 Å². The second kappa shape index (κ2) is 5.99. The summed E-state index contributed by atoms with van der Waals surface area (Å²) in [6, 6.07) is 5.99. The monoisotopic (exact) mass is 307 g/mol. The van der Waals surface area contributed by atoms with Crippen LogP contribution in [0.2, 0.25) is 0 Å². The molecule has 5 nitrogen and oxygen atoms in total. The van der Waals surface area contributed by atoms with Crippen LogP contribution in [0, 0.1) is 5.92 Å². The maximum absolute atomic E-state index is 4.90. The van der Waals surface area contributed by atoms with E-state index in [-0.39, 0.29) is 0 Å². The molecule has 1 aliphatic heterocycles. The molecule has 0 aliphatic carbocycles. The minimum atomic E-state index is 0.760. The quantitative estimate of drug-likeness (QED) is 0.802. The molecule has 0 amide bonds. The van der Waals surface area contributed by atoms with E-state index in [1.165, 1.54) is 19.3 Å². The molecule has 3 aromatic rings. The first-order valence-electron chi connectivity index (χ1n) is 8.35. The second-order valence-corrected chi connectivity index (χ2v) is 6.21. The van der Waals surface area contributed by atoms with Gasteiger partial charge in [0, 0.05) is 37.2 Å². The Bertz CT molecular complexity index is 796. The second-order valence-electron chi connectivity index (χ2n) is 6.21. The van der Waals surface area contributed by atoms with Crippen molar-refractivity contribution in [3.05, 3.63) is 36.8 Å². The number of fused-ring (bicyclic) bond motifs is 1. The van der Waals surface area contributed by atoms with Gasteiger partial charge in [0.1, 0.15) is 11.5 Å². The van der Waals surface area contributed by atoms with Gasteiger partial charge in [-0.2, -0.15) is 0 Å². The van der Waals surface area contributed by atoms with Crippen LogP contribution in [-0.4, -0.2) is 33.0 Å². The van der Waals surface area contributed by atoms with Crippen LogP contribution in [-0.2, 0) is 0 Å². The minimum Gasteiger partial charge on any atom is -0.356 e. The molecule has 4 rings (SSSR count). The molecule has 3 aromatic heterocycles. The Hall–Kier alpha value is -2.43. The first-order valence-corrected chi connectivity index (χ1v) is 8.35. The van der Waals surface area contributed by atoms with E-state index in [2.05, 4.69) is 32.8 Å². The van der Waals surface area contributed by atoms with Gasteiger partial charge in [-0.1, -0.05) is 13.3 Å². The molecule has 5 heteroatoms. The zero-order valence-electron chi connectivity index (χ0n) is 13.4. The number of rotatable bonds is 3. The SMILES string of the molecule is CC[C@H]1CCCN(c2nc(-c3ccncc3)nc3[nH]ccc23)C1. The summed E-state index contributed by atoms with van der Waals surface area (Å²) >= 11 is 0. The van der Waals surface area contributed by atoms with Crippen LogP contribution in [0.1, 0.15) is 26.2 Å². The fraction of sp³-hybridized carbons (Fsp3) is 0.389. The molecule has 0 spiro atoms. The summed E-state index contributed by atoms with van der Waals surface area (Å²) in [5, 5.41) is 1.11. The Balaban J connectivity index is 1.80. The number of piperidine rings is 1. The number of nitrogens with one attached hydrogen (secondary N) is 1. The van der Waals surface area contributed by atoms with E-state index in [1.807, 2.05) is 18.3 Å². The van der Waals surface area contributed by atoms with Gasteiger partial charge in [0.25, 0.3) is 0 Å². The van der Waals surface area contributed by atoms with Crippen LogP contribution >= 0.6 is 0 Å². The zero-order chi connectivity index (χ0) is 15.6. The predicted octanol–water partition coefficient (Wildman–Crippen LogP) is 3.65. The highest BCUT2D eigenvalue weighted by Gasteiger charge is 2.22. The summed E-state index contributed by atoms with van der Waals surface area (Å²) in [7, 11) is 0. The van der Waals surface area contributed by atoms with Crippen molar-refractivity contribution < 1.29 is 0 Å². The average Bonchev–Trinajstić information content (AvgIpc) is 3.10. The molecule has 1 fully saturated rings. The van der Waals surface area contributed by atoms with Gasteiger partial charge in [0.05, 0.1) is 5.39 Å². The minimum absolute atomic E-state index is 0.760. The van der Waals surface area contributed by atoms with Crippen LogP contribution in [0.15, 0.2) is 36.8 Å². The summed E-state index contributed by atoms with van der Waals surface area (Å²) in [5.41, 5.74) is 1.90. The molecule has 1 N–H and O–H groups in total. The Morgan fingerprint density at radius 1 is 1.22 bits per heavy atom. The molecule has 4 heterocycles. The maximum atomic E-state index is 4.90. The number of hydrogen-bond acceptors (Lipinski definition) is 4. The lowest BCUT2D eigenvalue weighted by atomic mass is 9.95. The third kappa shape index (κ3) is 2.67. The molecule has 0 unspecified atom stereocenters. The molecule has 0 saturated carbocycles. The molecule has 0 bridgehead atoms. The first kappa shape index (κ1) is 14.2. The highest BCUT2D eigenvalue weighted by atomic mass is 15.2. The fourth-order valence-electron chi connectivity index (χ4n) is 3.39. The first-order chi connectivity index (χ1) is 11.3. The third-order valence-corrected chi connectivity index (χ3v) is 4.73. The van der Waals surface area contributed by atoms with Crippen molar-refractivity contribution in [2.75, 3.05) is 18.0 Å². The summed E-state index contributed by atoms with van der Waals surface area (Å²) < 4.78 is 0. The fourth-order valence-corrected chi connectivity index (χ4v) is 3.39. The Kier molecular flexibility index (Phi) is 3.69. The van der Waals surface area contributed by atoms with E-state index in [0.29, 0.717) is 0 Å². The number of H-pyrrole nitrogens is 1. The molecular formula is C18H21N5. The lowest BCUT2D eigenvalue weighted by Crippen LogP contribution is -2.35. The topological polar surface area (TPSA) is 57.7 Å². The van der Waals surface area contributed by atoms with E-state index in [1.54, 1.807) is 12.4 Å². The molecule has 1 atom stereocenters. The van der Waals surface area contributed by atoms with Crippen molar-refractivity contribution in [3.8, 4) is 11.4 Å². The number of aromatic nitrogens is 4. The highest BCUT2D eigenvalue weighted by molar-refractivity contribution is 5.89. The van der Waals surface area contributed by atoms with Crippen LogP contribution < -0.4 is 4.90 Å². The van der Waals surface area contributed by atoms with Gasteiger partial charge in [-0.3, -0.25) is 4.98 Å². The Labute approximate surface area is 135 Å². The van der Waals surface area contributed by atoms with Gasteiger partial charge in [-0.05, 0) is 37.0 Å². The van der Waals surface area contributed by atoms with Crippen molar-refractivity contribution in [2.24, 2.45) is 5.92 Å². The van der Waals surface area contributed by atoms with Crippen LogP contribution in [0.5, 0.6) is 0 Å². The number of pyridine rings is 1. The van der Waals surface area contributed by atoms with Crippen molar-refractivity contribution in [1.29, 1.82) is 0 Å². The van der Waals surface area contributed by atoms with E-state index < -0.39 is 0 Å². The van der Waals surface area contributed by atoms with Gasteiger partial charge in [0.2, 0.25) is 0 Å². The molecule has 118 valence electrons. The van der Waals surface area contributed by atoms with Gasteiger partial charge in [-0.15, -0.1) is 0 Å². The van der Waals surface area contributed by atoms with Crippen LogP contribution in [0.4, 0.5) is 5.82 Å². The Morgan fingerprint density at radius 3 is 2.91 bits per heavy atom. The number of nitrogens with zero attached hydrogens (tertiary/aromatic N) is 4. The summed E-state index contributed by atoms with van der Waals surface area (Å²) in [4.78, 5) is 19.3. The van der Waals surface area contributed by atoms with Gasteiger partial charge < -0.3 is 9.88 Å². The van der Waals surface area contributed by atoms with Gasteiger partial charge in [0.15, 0.2) is 5.82 Å². The van der Waals surface area contributed by atoms with E-state index in [4.69, 9.17) is 4.98 Å². The third-order valence-electron chi connectivity index (χ3n) is 4.73. The van der Waals surface area contributed by atoms with Crippen molar-refractivity contribution in [2.45, 2.75) is 26.2 Å². The number of hydrogen-bond donors (Lipinski definition) is 1. The van der Waals surface area contributed by atoms with E-state index >= 15 is 0 Å². The van der Waals surface area contributed by atoms with E-state index in [9.17, 15) is 0 Å². The summed E-state index contributed by atoms with van der Waals surface area (Å²) in [6.45, 7) is 4.44. The zero-order valence-corrected chi connectivity index (χ0v) is 13.4. The normalized spacial score (nSPS) is 18.5. The Morgan fingerprint density at radius 2 is 2.09 bits per heavy atom. The number of anilines is 1. The molecule has 1 saturated heterocycles. The lowest BCUT2D eigenvalue weighted by Gasteiger charge is -2.33. The molecule has 23 heavy (non-hydrogen) atoms. The van der Waals surface area contributed by atoms with Crippen molar-refractivity contribution in [3.63, 3.8) is 0 Å². The summed E-state index contributed by atoms with van der Waals surface area (Å²) in [5.74, 6) is 2.58. The summed E-state index contributed by atoms with van der Waals surface area (Å²) in [6.07, 6.45) is 9.30. The van der Waals surface area contributed by atoms with Crippen LogP contribution in [0.25, 0.3) is 22.4 Å². The largest absolute Gasteiger partial charge is 0.356 e. The predicted molar refractivity (Wildman–Crippen MR) is 92.3 cm³/mol. The van der Waals surface area contributed by atoms with E-state index in [0.717, 1.165) is 47.2 Å². The molecule has 0 aromatic carbocycles. The van der Waals surface area contributed by atoms with Gasteiger partial charge in [-0.25, -0.2) is 9.97 Å². The molecule has 1 aliphatic rings. The van der Waals surface area contributed by atoms with Crippen LogP contribution in [0.3, 0.4) is 0 Å². The highest BCUT2D eigenvalue weighted by Crippen LogP contribution is 2.30. The number of aromatic amines is 1.